The molecule has 2 aliphatic rings. The van der Waals surface area contributed by atoms with Gasteiger partial charge in [0.15, 0.2) is 0 Å². The van der Waals surface area contributed by atoms with E-state index in [-0.39, 0.29) is 17.9 Å². The first kappa shape index (κ1) is 21.1. The molecule has 1 aliphatic heterocycles. The Balaban J connectivity index is 1.38. The number of hydrogen-bond donors (Lipinski definition) is 2. The average Bonchev–Trinajstić information content (AvgIpc) is 3.54. The van der Waals surface area contributed by atoms with Gasteiger partial charge in [0.05, 0.1) is 5.69 Å². The Hall–Kier alpha value is -3.81. The van der Waals surface area contributed by atoms with Crippen molar-refractivity contribution in [2.24, 2.45) is 5.92 Å². The number of urea groups is 1. The van der Waals surface area contributed by atoms with E-state index < -0.39 is 0 Å². The molecule has 8 heteroatoms. The van der Waals surface area contributed by atoms with Crippen molar-refractivity contribution >= 4 is 23.4 Å². The third kappa shape index (κ3) is 4.84. The Morgan fingerprint density at radius 1 is 0.970 bits per heavy atom. The third-order valence-electron chi connectivity index (χ3n) is 6.09. The Morgan fingerprint density at radius 2 is 1.76 bits per heavy atom. The molecule has 1 saturated heterocycles. The van der Waals surface area contributed by atoms with E-state index in [0.29, 0.717) is 11.5 Å². The molecule has 3 heterocycles. The quantitative estimate of drug-likeness (QED) is 0.606. The lowest BCUT2D eigenvalue weighted by Crippen LogP contribution is -2.32. The Kier molecular flexibility index (Phi) is 5.73. The van der Waals surface area contributed by atoms with Crippen molar-refractivity contribution in [1.29, 1.82) is 0 Å². The number of aryl methyl sites for hydroxylation is 1. The van der Waals surface area contributed by atoms with E-state index in [1.807, 2.05) is 36.1 Å². The summed E-state index contributed by atoms with van der Waals surface area (Å²) in [7, 11) is 0. The smallest absolute Gasteiger partial charge is 0.321 e. The van der Waals surface area contributed by atoms with Gasteiger partial charge in [-0.1, -0.05) is 6.07 Å². The van der Waals surface area contributed by atoms with Crippen molar-refractivity contribution in [3.05, 3.63) is 54.6 Å². The van der Waals surface area contributed by atoms with Crippen LogP contribution in [0, 0.1) is 12.8 Å². The van der Waals surface area contributed by atoms with Gasteiger partial charge < -0.3 is 15.5 Å². The maximum atomic E-state index is 12.5. The molecule has 3 aromatic rings. The summed E-state index contributed by atoms with van der Waals surface area (Å²) < 4.78 is 0. The Bertz CT molecular complexity index is 1200. The third-order valence-corrected chi connectivity index (χ3v) is 6.09. The zero-order chi connectivity index (χ0) is 22.8. The van der Waals surface area contributed by atoms with Crippen molar-refractivity contribution < 1.29 is 9.59 Å². The van der Waals surface area contributed by atoms with E-state index in [1.165, 1.54) is 6.33 Å². The summed E-state index contributed by atoms with van der Waals surface area (Å²) in [6.07, 6.45) is 8.98. The number of rotatable bonds is 5. The predicted octanol–water partition coefficient (Wildman–Crippen LogP) is 4.49. The summed E-state index contributed by atoms with van der Waals surface area (Å²) in [4.78, 5) is 39.4. The summed E-state index contributed by atoms with van der Waals surface area (Å²) in [6.45, 7) is 3.64. The lowest BCUT2D eigenvalue weighted by Gasteiger charge is -2.17. The van der Waals surface area contributed by atoms with Gasteiger partial charge in [-0.25, -0.2) is 14.8 Å². The van der Waals surface area contributed by atoms with Crippen molar-refractivity contribution in [1.82, 2.24) is 19.9 Å². The van der Waals surface area contributed by atoms with Gasteiger partial charge in [0.1, 0.15) is 12.1 Å². The second-order valence-corrected chi connectivity index (χ2v) is 8.67. The van der Waals surface area contributed by atoms with E-state index in [2.05, 4.69) is 25.6 Å². The molecular weight excluding hydrogens is 416 g/mol. The molecule has 168 valence electrons. The minimum atomic E-state index is -0.0593. The van der Waals surface area contributed by atoms with Crippen molar-refractivity contribution in [3.63, 3.8) is 0 Å². The van der Waals surface area contributed by atoms with E-state index in [1.54, 1.807) is 18.5 Å². The zero-order valence-electron chi connectivity index (χ0n) is 18.5. The molecule has 8 nitrogen and oxygen atoms in total. The predicted molar refractivity (Wildman–Crippen MR) is 127 cm³/mol. The summed E-state index contributed by atoms with van der Waals surface area (Å²) in [5.41, 5.74) is 5.24. The molecule has 0 spiro atoms. The van der Waals surface area contributed by atoms with Crippen LogP contribution >= 0.6 is 0 Å². The first-order chi connectivity index (χ1) is 16.1. The number of benzene rings is 1. The number of aromatic nitrogens is 3. The molecular formula is C25H26N6O2. The number of likely N-dealkylation sites (tertiary alicyclic amines) is 1. The molecule has 0 atom stereocenters. The van der Waals surface area contributed by atoms with Gasteiger partial charge in [0, 0.05) is 54.3 Å². The van der Waals surface area contributed by atoms with Gasteiger partial charge >= 0.3 is 6.03 Å². The first-order valence-electron chi connectivity index (χ1n) is 11.3. The number of anilines is 2. The monoisotopic (exact) mass is 442 g/mol. The van der Waals surface area contributed by atoms with Crippen LogP contribution in [0.3, 0.4) is 0 Å². The largest absolute Gasteiger partial charge is 0.325 e. The van der Waals surface area contributed by atoms with E-state index in [4.69, 9.17) is 0 Å². The van der Waals surface area contributed by atoms with Crippen LogP contribution in [0.25, 0.3) is 22.4 Å². The van der Waals surface area contributed by atoms with Crippen molar-refractivity contribution in [3.8, 4) is 22.4 Å². The molecule has 2 aromatic heterocycles. The van der Waals surface area contributed by atoms with Gasteiger partial charge in [-0.15, -0.1) is 0 Å². The molecule has 1 saturated carbocycles. The van der Waals surface area contributed by atoms with Crippen LogP contribution in [-0.2, 0) is 4.79 Å². The summed E-state index contributed by atoms with van der Waals surface area (Å²) in [6, 6.07) is 9.61. The average molecular weight is 443 g/mol. The fraction of sp³-hybridized carbons (Fsp3) is 0.320. The first-order valence-corrected chi connectivity index (χ1v) is 11.3. The van der Waals surface area contributed by atoms with Crippen molar-refractivity contribution in [2.45, 2.75) is 32.6 Å². The normalized spacial score (nSPS) is 15.4. The molecule has 33 heavy (non-hydrogen) atoms. The van der Waals surface area contributed by atoms with Crippen LogP contribution in [0.5, 0.6) is 0 Å². The van der Waals surface area contributed by atoms with Gasteiger partial charge in [-0.05, 0) is 61.9 Å². The summed E-state index contributed by atoms with van der Waals surface area (Å²) in [5, 5.41) is 5.88. The molecule has 5 rings (SSSR count). The van der Waals surface area contributed by atoms with Crippen LogP contribution in [0.2, 0.25) is 0 Å². The second-order valence-electron chi connectivity index (χ2n) is 8.67. The lowest BCUT2D eigenvalue weighted by atomic mass is 9.99. The van der Waals surface area contributed by atoms with Gasteiger partial charge in [0.25, 0.3) is 0 Å². The Labute approximate surface area is 192 Å². The van der Waals surface area contributed by atoms with Gasteiger partial charge in [0.2, 0.25) is 5.91 Å². The Morgan fingerprint density at radius 3 is 2.55 bits per heavy atom. The number of pyridine rings is 1. The van der Waals surface area contributed by atoms with Crippen LogP contribution < -0.4 is 10.6 Å². The van der Waals surface area contributed by atoms with E-state index >= 15 is 0 Å². The fourth-order valence-corrected chi connectivity index (χ4v) is 4.02. The fourth-order valence-electron chi connectivity index (χ4n) is 4.02. The summed E-state index contributed by atoms with van der Waals surface area (Å²) >= 11 is 0. The van der Waals surface area contributed by atoms with Crippen LogP contribution in [-0.4, -0.2) is 44.9 Å². The summed E-state index contributed by atoms with van der Waals surface area (Å²) in [5.74, 6) is 0.606. The molecule has 0 radical (unpaired) electrons. The highest BCUT2D eigenvalue weighted by Gasteiger charge is 2.29. The maximum Gasteiger partial charge on any atom is 0.321 e. The maximum absolute atomic E-state index is 12.5. The SMILES string of the molecule is Cc1ccc(NC(=O)N2CCCC2)cc1-c1cncc(-c2cc(NC(=O)C3CC3)ncn2)c1. The van der Waals surface area contributed by atoms with E-state index in [9.17, 15) is 9.59 Å². The molecule has 2 fully saturated rings. The minimum absolute atomic E-state index is 0.00921. The van der Waals surface area contributed by atoms with Gasteiger partial charge in [-0.3, -0.25) is 9.78 Å². The van der Waals surface area contributed by atoms with Crippen molar-refractivity contribution in [2.75, 3.05) is 23.7 Å². The molecule has 1 aliphatic carbocycles. The second kappa shape index (κ2) is 8.97. The highest BCUT2D eigenvalue weighted by atomic mass is 16.2. The molecule has 0 unspecified atom stereocenters. The molecule has 0 bridgehead atoms. The molecule has 1 aromatic carbocycles. The molecule has 2 N–H and O–H groups in total. The van der Waals surface area contributed by atoms with Gasteiger partial charge in [-0.2, -0.15) is 0 Å². The number of nitrogens with one attached hydrogen (secondary N) is 2. The van der Waals surface area contributed by atoms with Crippen LogP contribution in [0.4, 0.5) is 16.3 Å². The molecule has 3 amide bonds. The highest BCUT2D eigenvalue weighted by Crippen LogP contribution is 2.31. The van der Waals surface area contributed by atoms with E-state index in [0.717, 1.165) is 66.7 Å². The number of nitrogens with zero attached hydrogens (tertiary/aromatic N) is 4. The van der Waals surface area contributed by atoms with Crippen LogP contribution in [0.1, 0.15) is 31.2 Å². The number of hydrogen-bond acceptors (Lipinski definition) is 5. The number of amides is 3. The zero-order valence-corrected chi connectivity index (χ0v) is 18.5. The standard InChI is InChI=1S/C25H26N6O2/c1-16-4-7-20(29-25(33)31-8-2-3-9-31)11-21(16)18-10-19(14-26-13-18)22-12-23(28-15-27-22)30-24(32)17-5-6-17/h4,7,10-15,17H,2-3,5-6,8-9H2,1H3,(H,29,33)(H,27,28,30,32). The van der Waals surface area contributed by atoms with Crippen LogP contribution in [0.15, 0.2) is 49.1 Å². The number of carbonyl (C=O) groups excluding carboxylic acids is 2. The number of carbonyl (C=O) groups is 2. The highest BCUT2D eigenvalue weighted by molar-refractivity contribution is 5.93. The minimum Gasteiger partial charge on any atom is -0.325 e. The topological polar surface area (TPSA) is 100 Å². The lowest BCUT2D eigenvalue weighted by molar-refractivity contribution is -0.117.